The first-order valence-electron chi connectivity index (χ1n) is 11.3. The fourth-order valence-corrected chi connectivity index (χ4v) is 4.74. The normalized spacial score (nSPS) is 17.3. The van der Waals surface area contributed by atoms with Gasteiger partial charge in [0.25, 0.3) is 0 Å². The van der Waals surface area contributed by atoms with Crippen LogP contribution in [0.2, 0.25) is 0 Å². The third-order valence-electron chi connectivity index (χ3n) is 6.47. The van der Waals surface area contributed by atoms with Gasteiger partial charge in [-0.25, -0.2) is 13.8 Å². The van der Waals surface area contributed by atoms with Crippen LogP contribution in [0.4, 0.5) is 8.78 Å². The molecule has 11 heteroatoms. The van der Waals surface area contributed by atoms with E-state index >= 15 is 8.78 Å². The summed E-state index contributed by atoms with van der Waals surface area (Å²) in [6.07, 6.45) is 1.04. The molecule has 1 fully saturated rings. The van der Waals surface area contributed by atoms with Gasteiger partial charge in [-0.3, -0.25) is 9.36 Å². The Kier molecular flexibility index (Phi) is 5.03. The molecule has 1 atom stereocenters. The van der Waals surface area contributed by atoms with E-state index in [0.29, 0.717) is 36.6 Å². The lowest BCUT2D eigenvalue weighted by molar-refractivity contribution is -0.136. The summed E-state index contributed by atoms with van der Waals surface area (Å²) in [6.45, 7) is 5.02. The van der Waals surface area contributed by atoms with Crippen molar-refractivity contribution in [1.29, 1.82) is 0 Å². The number of ether oxygens (including phenoxy) is 2. The first kappa shape index (κ1) is 21.7. The first-order valence-corrected chi connectivity index (χ1v) is 11.3. The van der Waals surface area contributed by atoms with Gasteiger partial charge in [-0.15, -0.1) is 10.2 Å². The number of benzene rings is 2. The van der Waals surface area contributed by atoms with E-state index in [0.717, 1.165) is 5.56 Å². The summed E-state index contributed by atoms with van der Waals surface area (Å²) in [5, 5.41) is 7.72. The fourth-order valence-electron chi connectivity index (χ4n) is 4.74. The van der Waals surface area contributed by atoms with Gasteiger partial charge in [0.2, 0.25) is 5.91 Å². The summed E-state index contributed by atoms with van der Waals surface area (Å²) in [5.41, 5.74) is 2.21. The van der Waals surface area contributed by atoms with E-state index in [1.54, 1.807) is 9.47 Å². The molecule has 0 radical (unpaired) electrons. The second-order valence-electron chi connectivity index (χ2n) is 8.80. The average Bonchev–Trinajstić information content (AvgIpc) is 3.44. The molecule has 1 saturated heterocycles. The van der Waals surface area contributed by atoms with Crippen molar-refractivity contribution in [2.24, 2.45) is 0 Å². The largest absolute Gasteiger partial charge is 0.480 e. The van der Waals surface area contributed by atoms with Crippen molar-refractivity contribution < 1.29 is 23.0 Å². The van der Waals surface area contributed by atoms with Crippen LogP contribution in [-0.2, 0) is 22.7 Å². The molecule has 0 bridgehead atoms. The van der Waals surface area contributed by atoms with E-state index in [1.807, 2.05) is 25.1 Å². The highest BCUT2D eigenvalue weighted by Gasteiger charge is 2.31. The van der Waals surface area contributed by atoms with Gasteiger partial charge in [-0.05, 0) is 24.6 Å². The molecule has 0 N–H and O–H groups in total. The van der Waals surface area contributed by atoms with Crippen LogP contribution >= 0.6 is 0 Å². The van der Waals surface area contributed by atoms with Crippen molar-refractivity contribution in [3.05, 3.63) is 53.6 Å². The van der Waals surface area contributed by atoms with Gasteiger partial charge >= 0.3 is 0 Å². The molecule has 0 saturated carbocycles. The van der Waals surface area contributed by atoms with E-state index in [-0.39, 0.29) is 48.0 Å². The highest BCUT2D eigenvalue weighted by atomic mass is 19.1. The summed E-state index contributed by atoms with van der Waals surface area (Å²) < 4.78 is 46.2. The van der Waals surface area contributed by atoms with Crippen molar-refractivity contribution in [2.45, 2.75) is 33.1 Å². The van der Waals surface area contributed by atoms with Gasteiger partial charge in [0.1, 0.15) is 24.6 Å². The number of hydrogen-bond acceptors (Lipinski definition) is 6. The van der Waals surface area contributed by atoms with Crippen LogP contribution < -0.4 is 4.74 Å². The molecular weight excluding hydrogens is 458 g/mol. The zero-order chi connectivity index (χ0) is 24.3. The van der Waals surface area contributed by atoms with Crippen molar-refractivity contribution in [2.75, 3.05) is 19.7 Å². The molecule has 0 unspecified atom stereocenters. The van der Waals surface area contributed by atoms with E-state index in [2.05, 4.69) is 15.2 Å². The highest BCUT2D eigenvalue weighted by molar-refractivity contribution is 5.82. The number of fused-ring (bicyclic) bond motifs is 4. The maximum atomic E-state index is 15.9. The van der Waals surface area contributed by atoms with Gasteiger partial charge in [0.15, 0.2) is 17.4 Å². The molecule has 9 nitrogen and oxygen atoms in total. The monoisotopic (exact) mass is 480 g/mol. The Morgan fingerprint density at radius 2 is 2.11 bits per heavy atom. The zero-order valence-electron chi connectivity index (χ0n) is 19.2. The van der Waals surface area contributed by atoms with Crippen molar-refractivity contribution in [3.63, 3.8) is 0 Å². The number of aromatic nitrogens is 5. The minimum atomic E-state index is -0.845. The highest BCUT2D eigenvalue weighted by Crippen LogP contribution is 2.40. The number of carbonyl (C=O) groups excluding carboxylic acids is 1. The van der Waals surface area contributed by atoms with Crippen LogP contribution in [0.25, 0.3) is 28.1 Å². The zero-order valence-corrected chi connectivity index (χ0v) is 19.2. The number of imidazole rings is 1. The molecule has 2 aliphatic rings. The Morgan fingerprint density at radius 3 is 2.94 bits per heavy atom. The summed E-state index contributed by atoms with van der Waals surface area (Å²) in [5.74, 6) is -1.17. The topological polar surface area (TPSA) is 87.3 Å². The Hall–Kier alpha value is -3.86. The molecule has 0 spiro atoms. The molecule has 2 aliphatic heterocycles. The molecule has 1 amide bonds. The second-order valence-corrected chi connectivity index (χ2v) is 8.80. The van der Waals surface area contributed by atoms with E-state index in [1.165, 1.54) is 23.9 Å². The van der Waals surface area contributed by atoms with Crippen LogP contribution in [0.5, 0.6) is 5.75 Å². The third-order valence-corrected chi connectivity index (χ3v) is 6.47. The van der Waals surface area contributed by atoms with Crippen LogP contribution in [0.1, 0.15) is 18.3 Å². The molecule has 4 heterocycles. The van der Waals surface area contributed by atoms with Crippen molar-refractivity contribution in [1.82, 2.24) is 29.2 Å². The number of rotatable bonds is 3. The summed E-state index contributed by atoms with van der Waals surface area (Å²) in [4.78, 5) is 18.2. The molecule has 4 aromatic rings. The number of halogens is 2. The SMILES string of the molecule is CC(=O)N1CCO[C@@H](Cn2c(-c3c(F)cc4c(c3F)OCc3nncn3-4)nc3cc(C)ccc32)C1. The third kappa shape index (κ3) is 3.54. The molecule has 180 valence electrons. The minimum absolute atomic E-state index is 0.0153. The average molecular weight is 480 g/mol. The maximum Gasteiger partial charge on any atom is 0.219 e. The summed E-state index contributed by atoms with van der Waals surface area (Å²) >= 11 is 0. The Balaban J connectivity index is 1.50. The molecule has 0 aliphatic carbocycles. The lowest BCUT2D eigenvalue weighted by Crippen LogP contribution is -2.46. The molecular formula is C24H22F2N6O3. The van der Waals surface area contributed by atoms with Crippen LogP contribution in [0, 0.1) is 18.6 Å². The number of hydrogen-bond donors (Lipinski definition) is 0. The Bertz CT molecular complexity index is 1480. The molecule has 2 aromatic carbocycles. The van der Waals surface area contributed by atoms with Crippen molar-refractivity contribution >= 4 is 16.9 Å². The number of amides is 1. The predicted molar refractivity (Wildman–Crippen MR) is 121 cm³/mol. The van der Waals surface area contributed by atoms with Crippen LogP contribution in [-0.4, -0.2) is 60.9 Å². The minimum Gasteiger partial charge on any atom is -0.480 e. The number of carbonyl (C=O) groups is 1. The fraction of sp³-hybridized carbons (Fsp3) is 0.333. The Labute approximate surface area is 198 Å². The maximum absolute atomic E-state index is 15.9. The first-order chi connectivity index (χ1) is 16.9. The predicted octanol–water partition coefficient (Wildman–Crippen LogP) is 3.01. The molecule has 6 rings (SSSR count). The Morgan fingerprint density at radius 1 is 1.26 bits per heavy atom. The van der Waals surface area contributed by atoms with E-state index in [4.69, 9.17) is 9.47 Å². The van der Waals surface area contributed by atoms with Crippen molar-refractivity contribution in [3.8, 4) is 22.8 Å². The van der Waals surface area contributed by atoms with Gasteiger partial charge in [-0.2, -0.15) is 0 Å². The van der Waals surface area contributed by atoms with Gasteiger partial charge in [-0.1, -0.05) is 6.07 Å². The molecule has 35 heavy (non-hydrogen) atoms. The quantitative estimate of drug-likeness (QED) is 0.448. The van der Waals surface area contributed by atoms with Gasteiger partial charge < -0.3 is 18.9 Å². The van der Waals surface area contributed by atoms with Crippen LogP contribution in [0.3, 0.4) is 0 Å². The summed E-state index contributed by atoms with van der Waals surface area (Å²) in [6, 6.07) is 6.88. The number of nitrogens with zero attached hydrogens (tertiary/aromatic N) is 6. The lowest BCUT2D eigenvalue weighted by atomic mass is 10.1. The summed E-state index contributed by atoms with van der Waals surface area (Å²) in [7, 11) is 0. The second kappa shape index (κ2) is 8.12. The van der Waals surface area contributed by atoms with Gasteiger partial charge in [0.05, 0.1) is 41.5 Å². The van der Waals surface area contributed by atoms with E-state index < -0.39 is 11.6 Å². The molecule has 2 aromatic heterocycles. The number of aryl methyl sites for hydroxylation is 1. The van der Waals surface area contributed by atoms with Gasteiger partial charge in [0, 0.05) is 26.1 Å². The smallest absolute Gasteiger partial charge is 0.219 e. The van der Waals surface area contributed by atoms with E-state index in [9.17, 15) is 4.79 Å². The lowest BCUT2D eigenvalue weighted by Gasteiger charge is -2.32. The standard InChI is InChI=1S/C24H22F2N6O3/c1-13-3-4-18-17(7-13)28-24(31(18)10-15-9-30(14(2)33)5-6-34-15)21-16(25)8-19-23(22(21)26)35-11-20-29-27-12-32(19)20/h3-4,7-8,12,15H,5-6,9-11H2,1-2H3/t15-/m1/s1. The van der Waals surface area contributed by atoms with Crippen LogP contribution in [0.15, 0.2) is 30.6 Å². The number of morpholine rings is 1.